The van der Waals surface area contributed by atoms with Crippen LogP contribution < -0.4 is 0 Å². The van der Waals surface area contributed by atoms with E-state index in [9.17, 15) is 19.2 Å². The number of hydrogen-bond acceptors (Lipinski definition) is 6. The summed E-state index contributed by atoms with van der Waals surface area (Å²) in [6.07, 6.45) is 0. The van der Waals surface area contributed by atoms with Crippen molar-refractivity contribution < 1.29 is 28.7 Å². The van der Waals surface area contributed by atoms with Crippen molar-refractivity contribution in [2.75, 3.05) is 26.3 Å². The van der Waals surface area contributed by atoms with E-state index in [2.05, 4.69) is 0 Å². The first-order chi connectivity index (χ1) is 14.8. The van der Waals surface area contributed by atoms with E-state index < -0.39 is 5.79 Å². The Bertz CT molecular complexity index is 924. The van der Waals surface area contributed by atoms with Crippen LogP contribution in [-0.2, 0) is 9.47 Å². The van der Waals surface area contributed by atoms with Crippen molar-refractivity contribution in [2.45, 2.75) is 19.6 Å². The Morgan fingerprint density at radius 1 is 0.613 bits per heavy atom. The lowest BCUT2D eigenvalue weighted by atomic mass is 10.1. The number of ether oxygens (including phenoxy) is 2. The molecule has 0 saturated heterocycles. The largest absolute Gasteiger partial charge is 0.349 e. The van der Waals surface area contributed by atoms with Crippen molar-refractivity contribution in [1.29, 1.82) is 0 Å². The molecule has 2 aliphatic rings. The molecule has 2 aromatic carbocycles. The van der Waals surface area contributed by atoms with Crippen molar-refractivity contribution in [2.24, 2.45) is 0 Å². The van der Waals surface area contributed by atoms with Crippen molar-refractivity contribution >= 4 is 23.6 Å². The van der Waals surface area contributed by atoms with Crippen molar-refractivity contribution in [3.8, 4) is 0 Å². The number of benzene rings is 2. The minimum Gasteiger partial charge on any atom is -0.349 e. The van der Waals surface area contributed by atoms with Gasteiger partial charge in [0.05, 0.1) is 48.6 Å². The number of fused-ring (bicyclic) bond motifs is 2. The maximum atomic E-state index is 12.4. The fraction of sp³-hybridized carbons (Fsp3) is 0.304. The first-order valence-electron chi connectivity index (χ1n) is 9.98. The molecule has 0 fully saturated rings. The first kappa shape index (κ1) is 20.9. The van der Waals surface area contributed by atoms with Crippen LogP contribution in [0.2, 0.25) is 0 Å². The zero-order chi connectivity index (χ0) is 22.2. The van der Waals surface area contributed by atoms with Crippen LogP contribution in [0.5, 0.6) is 0 Å². The number of hydrogen-bond donors (Lipinski definition) is 0. The molecule has 0 spiro atoms. The molecule has 0 aliphatic carbocycles. The van der Waals surface area contributed by atoms with Crippen LogP contribution in [0.1, 0.15) is 55.3 Å². The van der Waals surface area contributed by atoms with E-state index in [1.54, 1.807) is 62.4 Å². The lowest BCUT2D eigenvalue weighted by molar-refractivity contribution is -0.213. The number of carbonyl (C=O) groups excluding carboxylic acids is 4. The van der Waals surface area contributed by atoms with Gasteiger partial charge in [-0.3, -0.25) is 29.0 Å². The second-order valence-corrected chi connectivity index (χ2v) is 7.71. The van der Waals surface area contributed by atoms with E-state index in [0.29, 0.717) is 22.3 Å². The average Bonchev–Trinajstić information content (AvgIpc) is 3.14. The van der Waals surface area contributed by atoms with Crippen LogP contribution in [0, 0.1) is 0 Å². The highest BCUT2D eigenvalue weighted by molar-refractivity contribution is 6.22. The number of amides is 4. The highest BCUT2D eigenvalue weighted by Gasteiger charge is 2.36. The van der Waals surface area contributed by atoms with Gasteiger partial charge in [-0.25, -0.2) is 0 Å². The molecular formula is C23H22N2O6. The predicted octanol–water partition coefficient (Wildman–Crippen LogP) is 2.35. The highest BCUT2D eigenvalue weighted by Crippen LogP contribution is 2.24. The molecule has 8 nitrogen and oxygen atoms in total. The van der Waals surface area contributed by atoms with Crippen LogP contribution in [0.25, 0.3) is 0 Å². The third kappa shape index (κ3) is 3.87. The smallest absolute Gasteiger partial charge is 0.261 e. The Kier molecular flexibility index (Phi) is 5.43. The molecular weight excluding hydrogens is 400 g/mol. The zero-order valence-corrected chi connectivity index (χ0v) is 17.3. The Morgan fingerprint density at radius 3 is 1.19 bits per heavy atom. The normalized spacial score (nSPS) is 15.7. The molecule has 0 bridgehead atoms. The summed E-state index contributed by atoms with van der Waals surface area (Å²) >= 11 is 0. The van der Waals surface area contributed by atoms with E-state index >= 15 is 0 Å². The van der Waals surface area contributed by atoms with Gasteiger partial charge in [0.15, 0.2) is 5.79 Å². The summed E-state index contributed by atoms with van der Waals surface area (Å²) in [6, 6.07) is 13.4. The monoisotopic (exact) mass is 422 g/mol. The fourth-order valence-corrected chi connectivity index (χ4v) is 3.69. The summed E-state index contributed by atoms with van der Waals surface area (Å²) < 4.78 is 11.4. The molecule has 0 aromatic heterocycles. The van der Waals surface area contributed by atoms with Gasteiger partial charge < -0.3 is 9.47 Å². The molecule has 4 rings (SSSR count). The van der Waals surface area contributed by atoms with Gasteiger partial charge in [0, 0.05) is 0 Å². The summed E-state index contributed by atoms with van der Waals surface area (Å²) in [4.78, 5) is 51.8. The number of nitrogens with zero attached hydrogens (tertiary/aromatic N) is 2. The molecule has 0 N–H and O–H groups in total. The quantitative estimate of drug-likeness (QED) is 0.479. The van der Waals surface area contributed by atoms with E-state index in [4.69, 9.17) is 9.47 Å². The second kappa shape index (κ2) is 8.05. The Hall–Kier alpha value is -3.36. The standard InChI is InChI=1S/C23H22N2O6/c1-23(2,30-13-11-24-19(26)15-7-3-4-8-16(15)20(24)27)31-14-12-25-21(28)17-9-5-6-10-18(17)22(25)29/h3-10H,11-14H2,1-2H3. The zero-order valence-electron chi connectivity index (χ0n) is 17.3. The molecule has 2 heterocycles. The minimum absolute atomic E-state index is 0.0888. The minimum atomic E-state index is -1.03. The molecule has 0 atom stereocenters. The van der Waals surface area contributed by atoms with Crippen molar-refractivity contribution in [1.82, 2.24) is 9.80 Å². The van der Waals surface area contributed by atoms with E-state index in [0.717, 1.165) is 9.80 Å². The molecule has 31 heavy (non-hydrogen) atoms. The predicted molar refractivity (Wildman–Crippen MR) is 110 cm³/mol. The third-order valence-electron chi connectivity index (χ3n) is 5.29. The summed E-state index contributed by atoms with van der Waals surface area (Å²) in [5.74, 6) is -2.39. The Morgan fingerprint density at radius 2 is 0.903 bits per heavy atom. The van der Waals surface area contributed by atoms with Crippen LogP contribution in [0.4, 0.5) is 0 Å². The van der Waals surface area contributed by atoms with Crippen LogP contribution in [0.3, 0.4) is 0 Å². The van der Waals surface area contributed by atoms with Crippen LogP contribution >= 0.6 is 0 Å². The molecule has 160 valence electrons. The Labute approximate surface area is 179 Å². The summed E-state index contributed by atoms with van der Waals surface area (Å²) in [5.41, 5.74) is 1.57. The van der Waals surface area contributed by atoms with E-state index in [1.165, 1.54) is 0 Å². The van der Waals surface area contributed by atoms with Gasteiger partial charge in [-0.1, -0.05) is 24.3 Å². The van der Waals surface area contributed by atoms with Gasteiger partial charge in [0.1, 0.15) is 0 Å². The van der Waals surface area contributed by atoms with Crippen molar-refractivity contribution in [3.05, 3.63) is 70.8 Å². The maximum absolute atomic E-state index is 12.4. The molecule has 0 radical (unpaired) electrons. The first-order valence-corrected chi connectivity index (χ1v) is 9.98. The molecule has 2 aliphatic heterocycles. The van der Waals surface area contributed by atoms with Crippen molar-refractivity contribution in [3.63, 3.8) is 0 Å². The number of rotatable bonds is 8. The average molecular weight is 422 g/mol. The Balaban J connectivity index is 1.25. The molecule has 4 amide bonds. The third-order valence-corrected chi connectivity index (χ3v) is 5.29. The molecule has 0 unspecified atom stereocenters. The van der Waals surface area contributed by atoms with Crippen LogP contribution in [-0.4, -0.2) is 65.5 Å². The highest BCUT2D eigenvalue weighted by atomic mass is 16.7. The topological polar surface area (TPSA) is 93.2 Å². The maximum Gasteiger partial charge on any atom is 0.261 e. The lowest BCUT2D eigenvalue weighted by Crippen LogP contribution is -2.39. The van der Waals surface area contributed by atoms with E-state index in [-0.39, 0.29) is 49.9 Å². The lowest BCUT2D eigenvalue weighted by Gasteiger charge is -2.27. The summed E-state index contributed by atoms with van der Waals surface area (Å²) in [6.45, 7) is 3.75. The van der Waals surface area contributed by atoms with Crippen LogP contribution in [0.15, 0.2) is 48.5 Å². The number of imide groups is 2. The number of carbonyl (C=O) groups is 4. The van der Waals surface area contributed by atoms with Gasteiger partial charge in [-0.05, 0) is 38.1 Å². The second-order valence-electron chi connectivity index (χ2n) is 7.71. The summed E-state index contributed by atoms with van der Waals surface area (Å²) in [7, 11) is 0. The van der Waals surface area contributed by atoms with E-state index in [1.807, 2.05) is 0 Å². The molecule has 8 heteroatoms. The van der Waals surface area contributed by atoms with Gasteiger partial charge >= 0.3 is 0 Å². The SMILES string of the molecule is CC(C)(OCCN1C(=O)c2ccccc2C1=O)OCCN1C(=O)c2ccccc2C1=O. The van der Waals surface area contributed by atoms with Gasteiger partial charge in [-0.15, -0.1) is 0 Å². The molecule has 2 aromatic rings. The summed E-state index contributed by atoms with van der Waals surface area (Å²) in [5, 5.41) is 0. The van der Waals surface area contributed by atoms with Gasteiger partial charge in [-0.2, -0.15) is 0 Å². The van der Waals surface area contributed by atoms with Gasteiger partial charge in [0.25, 0.3) is 23.6 Å². The van der Waals surface area contributed by atoms with Gasteiger partial charge in [0.2, 0.25) is 0 Å². The fourth-order valence-electron chi connectivity index (χ4n) is 3.69. The molecule has 0 saturated carbocycles.